The van der Waals surface area contributed by atoms with E-state index in [1.54, 1.807) is 0 Å². The Kier molecular flexibility index (Phi) is 5.03. The van der Waals surface area contributed by atoms with Gasteiger partial charge in [0, 0.05) is 0 Å². The van der Waals surface area contributed by atoms with Crippen LogP contribution in [0.25, 0.3) is 0 Å². The predicted molar refractivity (Wildman–Crippen MR) is 59.9 cm³/mol. The van der Waals surface area contributed by atoms with E-state index in [4.69, 9.17) is 14.6 Å². The Morgan fingerprint density at radius 2 is 2.00 bits per heavy atom. The molecule has 1 heterocycles. The molecule has 0 aromatic heterocycles. The minimum atomic E-state index is -0.0462. The summed E-state index contributed by atoms with van der Waals surface area (Å²) in [5, 5.41) is 8.93. The van der Waals surface area contributed by atoms with E-state index >= 15 is 0 Å². The van der Waals surface area contributed by atoms with Gasteiger partial charge in [-0.15, -0.1) is 0 Å². The lowest BCUT2D eigenvalue weighted by Gasteiger charge is -2.26. The number of hydrogen-bond donors (Lipinski definition) is 1. The van der Waals surface area contributed by atoms with Gasteiger partial charge in [-0.25, -0.2) is 0 Å². The molecule has 0 bridgehead atoms. The maximum absolute atomic E-state index is 8.93. The molecule has 0 saturated carbocycles. The Balaban J connectivity index is 2.20. The Hall–Kier alpha value is -0.120. The van der Waals surface area contributed by atoms with E-state index in [0.29, 0.717) is 6.61 Å². The van der Waals surface area contributed by atoms with Crippen LogP contribution < -0.4 is 0 Å². The highest BCUT2D eigenvalue weighted by molar-refractivity contribution is 4.75. The van der Waals surface area contributed by atoms with Crippen molar-refractivity contribution in [3.8, 4) is 0 Å². The maximum atomic E-state index is 8.93. The Morgan fingerprint density at radius 1 is 1.33 bits per heavy atom. The average Bonchev–Trinajstić information content (AvgIpc) is 2.62. The number of aliphatic hydroxyl groups is 1. The molecule has 0 aromatic rings. The lowest BCUT2D eigenvalue weighted by atomic mass is 10.0. The van der Waals surface area contributed by atoms with E-state index in [-0.39, 0.29) is 24.4 Å². The van der Waals surface area contributed by atoms with Crippen LogP contribution in [-0.4, -0.2) is 36.1 Å². The molecule has 15 heavy (non-hydrogen) atoms. The molecule has 0 amide bonds. The van der Waals surface area contributed by atoms with Gasteiger partial charge >= 0.3 is 0 Å². The second-order valence-electron chi connectivity index (χ2n) is 4.96. The quantitative estimate of drug-likeness (QED) is 0.739. The summed E-state index contributed by atoms with van der Waals surface area (Å²) in [6, 6.07) is 0. The zero-order valence-corrected chi connectivity index (χ0v) is 10.2. The first-order valence-corrected chi connectivity index (χ1v) is 5.97. The van der Waals surface area contributed by atoms with Crippen LogP contribution in [0.15, 0.2) is 0 Å². The summed E-state index contributed by atoms with van der Waals surface area (Å²) in [5.41, 5.74) is -0.0462. The lowest BCUT2D eigenvalue weighted by Crippen LogP contribution is -2.29. The second-order valence-corrected chi connectivity index (χ2v) is 4.96. The third-order valence-corrected chi connectivity index (χ3v) is 2.91. The average molecular weight is 216 g/mol. The molecule has 3 nitrogen and oxygen atoms in total. The van der Waals surface area contributed by atoms with Gasteiger partial charge in [0.2, 0.25) is 0 Å². The smallest absolute Gasteiger partial charge is 0.0814 e. The van der Waals surface area contributed by atoms with Gasteiger partial charge in [-0.3, -0.25) is 0 Å². The third kappa shape index (κ3) is 4.49. The van der Waals surface area contributed by atoms with E-state index in [1.807, 2.05) is 0 Å². The topological polar surface area (TPSA) is 38.7 Å². The fourth-order valence-corrected chi connectivity index (χ4v) is 2.03. The molecule has 2 unspecified atom stereocenters. The van der Waals surface area contributed by atoms with Crippen LogP contribution in [0.1, 0.15) is 46.5 Å². The summed E-state index contributed by atoms with van der Waals surface area (Å²) in [6.07, 6.45) is 4.39. The van der Waals surface area contributed by atoms with Crippen molar-refractivity contribution in [3.05, 3.63) is 0 Å². The first-order chi connectivity index (χ1) is 7.07. The highest BCUT2D eigenvalue weighted by Crippen LogP contribution is 2.23. The summed E-state index contributed by atoms with van der Waals surface area (Å²) in [5.74, 6) is 0. The molecule has 0 aromatic carbocycles. The summed E-state index contributed by atoms with van der Waals surface area (Å²) >= 11 is 0. The Labute approximate surface area is 92.8 Å². The number of aliphatic hydroxyl groups excluding tert-OH is 1. The minimum Gasteiger partial charge on any atom is -0.394 e. The van der Waals surface area contributed by atoms with E-state index < -0.39 is 0 Å². The molecule has 1 saturated heterocycles. The molecule has 1 aliphatic heterocycles. The normalized spacial score (nSPS) is 27.2. The Bertz CT molecular complexity index is 180. The van der Waals surface area contributed by atoms with Gasteiger partial charge in [-0.05, 0) is 33.1 Å². The molecule has 1 aliphatic rings. The van der Waals surface area contributed by atoms with E-state index in [1.165, 1.54) is 0 Å². The van der Waals surface area contributed by atoms with Crippen LogP contribution in [0.5, 0.6) is 0 Å². The molecule has 2 atom stereocenters. The summed E-state index contributed by atoms with van der Waals surface area (Å²) < 4.78 is 11.4. The maximum Gasteiger partial charge on any atom is 0.0814 e. The van der Waals surface area contributed by atoms with Crippen LogP contribution >= 0.6 is 0 Å². The lowest BCUT2D eigenvalue weighted by molar-refractivity contribution is -0.0859. The molecule has 3 heteroatoms. The van der Waals surface area contributed by atoms with Gasteiger partial charge in [-0.2, -0.15) is 0 Å². The molecule has 1 fully saturated rings. The SMILES string of the molecule is CCCC(C)(C)OCC1CCC(CO)O1. The van der Waals surface area contributed by atoms with E-state index in [0.717, 1.165) is 25.7 Å². The van der Waals surface area contributed by atoms with Gasteiger partial charge in [0.25, 0.3) is 0 Å². The molecule has 1 N–H and O–H groups in total. The Morgan fingerprint density at radius 3 is 2.53 bits per heavy atom. The van der Waals surface area contributed by atoms with E-state index in [2.05, 4.69) is 20.8 Å². The first-order valence-electron chi connectivity index (χ1n) is 5.97. The molecule has 90 valence electrons. The van der Waals surface area contributed by atoms with Crippen LogP contribution in [0.2, 0.25) is 0 Å². The molecule has 0 radical (unpaired) electrons. The molecule has 1 rings (SSSR count). The zero-order chi connectivity index (χ0) is 11.3. The number of hydrogen-bond acceptors (Lipinski definition) is 3. The van der Waals surface area contributed by atoms with Gasteiger partial charge in [0.15, 0.2) is 0 Å². The second kappa shape index (κ2) is 5.83. The third-order valence-electron chi connectivity index (χ3n) is 2.91. The van der Waals surface area contributed by atoms with Crippen molar-refractivity contribution in [1.82, 2.24) is 0 Å². The van der Waals surface area contributed by atoms with Crippen molar-refractivity contribution in [3.63, 3.8) is 0 Å². The molecular weight excluding hydrogens is 192 g/mol. The van der Waals surface area contributed by atoms with Crippen molar-refractivity contribution >= 4 is 0 Å². The molecule has 0 spiro atoms. The van der Waals surface area contributed by atoms with Crippen LogP contribution in [0.4, 0.5) is 0 Å². The van der Waals surface area contributed by atoms with Crippen molar-refractivity contribution in [2.75, 3.05) is 13.2 Å². The van der Waals surface area contributed by atoms with Crippen molar-refractivity contribution in [1.29, 1.82) is 0 Å². The molecule has 0 aliphatic carbocycles. The highest BCUT2D eigenvalue weighted by atomic mass is 16.6. The summed E-state index contributed by atoms with van der Waals surface area (Å²) in [4.78, 5) is 0. The van der Waals surface area contributed by atoms with Crippen LogP contribution in [-0.2, 0) is 9.47 Å². The minimum absolute atomic E-state index is 0.0351. The zero-order valence-electron chi connectivity index (χ0n) is 10.2. The van der Waals surface area contributed by atoms with Gasteiger partial charge in [0.05, 0.1) is 31.0 Å². The van der Waals surface area contributed by atoms with Crippen LogP contribution in [0, 0.1) is 0 Å². The molecular formula is C12H24O3. The van der Waals surface area contributed by atoms with Crippen molar-refractivity contribution in [2.45, 2.75) is 64.3 Å². The highest BCUT2D eigenvalue weighted by Gasteiger charge is 2.27. The van der Waals surface area contributed by atoms with Crippen LogP contribution in [0.3, 0.4) is 0 Å². The predicted octanol–water partition coefficient (Wildman–Crippen LogP) is 2.12. The monoisotopic (exact) mass is 216 g/mol. The summed E-state index contributed by atoms with van der Waals surface area (Å²) in [6.45, 7) is 7.20. The van der Waals surface area contributed by atoms with Gasteiger partial charge in [0.1, 0.15) is 0 Å². The first kappa shape index (κ1) is 12.9. The fraction of sp³-hybridized carbons (Fsp3) is 1.00. The number of rotatable bonds is 6. The standard InChI is InChI=1S/C12H24O3/c1-4-7-12(2,3)14-9-11-6-5-10(8-13)15-11/h10-11,13H,4-9H2,1-3H3. The van der Waals surface area contributed by atoms with Crippen molar-refractivity contribution < 1.29 is 14.6 Å². The van der Waals surface area contributed by atoms with Gasteiger partial charge < -0.3 is 14.6 Å². The summed E-state index contributed by atoms with van der Waals surface area (Å²) in [7, 11) is 0. The van der Waals surface area contributed by atoms with Crippen molar-refractivity contribution in [2.24, 2.45) is 0 Å². The van der Waals surface area contributed by atoms with E-state index in [9.17, 15) is 0 Å². The largest absolute Gasteiger partial charge is 0.394 e. The fourth-order valence-electron chi connectivity index (χ4n) is 2.03. The van der Waals surface area contributed by atoms with Gasteiger partial charge in [-0.1, -0.05) is 13.3 Å². The number of ether oxygens (including phenoxy) is 2.